The highest BCUT2D eigenvalue weighted by molar-refractivity contribution is 5.95. The van der Waals surface area contributed by atoms with Gasteiger partial charge in [-0.1, -0.05) is 25.0 Å². The van der Waals surface area contributed by atoms with Gasteiger partial charge in [-0.3, -0.25) is 9.59 Å². The van der Waals surface area contributed by atoms with E-state index >= 15 is 0 Å². The molecule has 0 aliphatic heterocycles. The zero-order chi connectivity index (χ0) is 26.0. The molecule has 2 amide bonds. The number of hydrogen-bond donors (Lipinski definition) is 4. The van der Waals surface area contributed by atoms with E-state index in [1.807, 2.05) is 50.2 Å². The molecule has 1 fully saturated rings. The number of fused-ring (bicyclic) bond motifs is 2. The molecule has 0 spiro atoms. The van der Waals surface area contributed by atoms with Crippen molar-refractivity contribution in [2.45, 2.75) is 69.7 Å². The maximum Gasteiger partial charge on any atom is 0.251 e. The zero-order valence-electron chi connectivity index (χ0n) is 21.6. The Balaban J connectivity index is 1.75. The highest BCUT2D eigenvalue weighted by atomic mass is 16.2. The summed E-state index contributed by atoms with van der Waals surface area (Å²) in [6.45, 7) is 4.95. The molecule has 1 aromatic heterocycles. The molecule has 1 saturated carbocycles. The first kappa shape index (κ1) is 25.1. The number of carbonyl (C=O) groups is 2. The Labute approximate surface area is 217 Å². The van der Waals surface area contributed by atoms with Crippen molar-refractivity contribution in [2.75, 3.05) is 13.1 Å². The van der Waals surface area contributed by atoms with Crippen molar-refractivity contribution in [2.24, 2.45) is 5.73 Å². The summed E-state index contributed by atoms with van der Waals surface area (Å²) in [6, 6.07) is 11.9. The van der Waals surface area contributed by atoms with Crippen molar-refractivity contribution >= 4 is 11.8 Å². The minimum Gasteiger partial charge on any atom is -0.352 e. The lowest BCUT2D eigenvalue weighted by atomic mass is 9.64. The number of tetrazole rings is 1. The highest BCUT2D eigenvalue weighted by Crippen LogP contribution is 2.50. The van der Waals surface area contributed by atoms with Crippen LogP contribution in [-0.4, -0.2) is 51.1 Å². The molecule has 5 rings (SSSR count). The molecule has 9 heteroatoms. The van der Waals surface area contributed by atoms with E-state index in [-0.39, 0.29) is 17.4 Å². The summed E-state index contributed by atoms with van der Waals surface area (Å²) in [6.07, 6.45) is 6.09. The summed E-state index contributed by atoms with van der Waals surface area (Å²) in [4.78, 5) is 25.4. The zero-order valence-corrected chi connectivity index (χ0v) is 21.6. The van der Waals surface area contributed by atoms with Gasteiger partial charge in [0.05, 0.1) is 5.41 Å². The molecule has 2 aliphatic carbocycles. The molecule has 0 unspecified atom stereocenters. The van der Waals surface area contributed by atoms with Gasteiger partial charge in [0.2, 0.25) is 0 Å². The molecule has 0 radical (unpaired) electrons. The first-order valence-corrected chi connectivity index (χ1v) is 13.3. The van der Waals surface area contributed by atoms with Crippen molar-refractivity contribution in [3.05, 3.63) is 75.6 Å². The molecule has 2 aromatic carbocycles. The van der Waals surface area contributed by atoms with E-state index in [9.17, 15) is 9.59 Å². The third-order valence-corrected chi connectivity index (χ3v) is 7.96. The van der Waals surface area contributed by atoms with Crippen LogP contribution in [0.2, 0.25) is 0 Å². The van der Waals surface area contributed by atoms with Gasteiger partial charge in [-0.25, -0.2) is 5.10 Å². The molecule has 2 aliphatic rings. The average molecular weight is 502 g/mol. The molecule has 194 valence electrons. The van der Waals surface area contributed by atoms with Gasteiger partial charge in [0.25, 0.3) is 11.8 Å². The maximum absolute atomic E-state index is 12.7. The molecule has 1 heterocycles. The second kappa shape index (κ2) is 10.0. The van der Waals surface area contributed by atoms with Gasteiger partial charge >= 0.3 is 0 Å². The third-order valence-electron chi connectivity index (χ3n) is 7.96. The third kappa shape index (κ3) is 4.52. The van der Waals surface area contributed by atoms with Crippen molar-refractivity contribution < 1.29 is 9.59 Å². The number of carbonyl (C=O) groups excluding carboxylic acids is 2. The van der Waals surface area contributed by atoms with Gasteiger partial charge in [0, 0.05) is 29.8 Å². The quantitative estimate of drug-likeness (QED) is 0.393. The number of aromatic nitrogens is 4. The summed E-state index contributed by atoms with van der Waals surface area (Å²) in [5, 5.41) is 21.3. The maximum atomic E-state index is 12.7. The van der Waals surface area contributed by atoms with Crippen molar-refractivity contribution in [1.29, 1.82) is 0 Å². The SMILES string of the molecule is CCNC(=O)c1ccc2c(c1)CCc1cc(C(=O)NCC)ccc1C2(CC1(N)CCCC1)c1nnn[nH]1. The first-order chi connectivity index (χ1) is 17.9. The fourth-order valence-electron chi connectivity index (χ4n) is 6.31. The minimum absolute atomic E-state index is 0.0939. The molecular weight excluding hydrogens is 466 g/mol. The Bertz CT molecular complexity index is 1230. The van der Waals surface area contributed by atoms with E-state index in [4.69, 9.17) is 5.73 Å². The smallest absolute Gasteiger partial charge is 0.251 e. The van der Waals surface area contributed by atoms with Crippen LogP contribution >= 0.6 is 0 Å². The van der Waals surface area contributed by atoms with E-state index in [0.29, 0.717) is 36.5 Å². The van der Waals surface area contributed by atoms with E-state index in [1.54, 1.807) is 0 Å². The van der Waals surface area contributed by atoms with Gasteiger partial charge in [-0.05, 0) is 103 Å². The van der Waals surface area contributed by atoms with Crippen molar-refractivity contribution in [3.63, 3.8) is 0 Å². The lowest BCUT2D eigenvalue weighted by molar-refractivity contribution is 0.0947. The number of nitrogens with two attached hydrogens (primary N) is 1. The largest absolute Gasteiger partial charge is 0.352 e. The Morgan fingerprint density at radius 3 is 1.92 bits per heavy atom. The average Bonchev–Trinajstić information content (AvgIpc) is 3.57. The fraction of sp³-hybridized carbons (Fsp3) is 0.464. The van der Waals surface area contributed by atoms with E-state index in [0.717, 1.165) is 60.8 Å². The Morgan fingerprint density at radius 1 is 0.919 bits per heavy atom. The van der Waals surface area contributed by atoms with Gasteiger partial charge in [0.15, 0.2) is 5.82 Å². The van der Waals surface area contributed by atoms with Crippen molar-refractivity contribution in [3.8, 4) is 0 Å². The number of aryl methyl sites for hydroxylation is 2. The normalized spacial score (nSPS) is 17.4. The predicted octanol–water partition coefficient (Wildman–Crippen LogP) is 2.79. The van der Waals surface area contributed by atoms with Crippen LogP contribution in [0, 0.1) is 0 Å². The summed E-state index contributed by atoms with van der Waals surface area (Å²) in [7, 11) is 0. The number of H-pyrrole nitrogens is 1. The summed E-state index contributed by atoms with van der Waals surface area (Å²) >= 11 is 0. The number of benzene rings is 2. The lowest BCUT2D eigenvalue weighted by Gasteiger charge is -2.40. The molecule has 37 heavy (non-hydrogen) atoms. The molecule has 9 nitrogen and oxygen atoms in total. The first-order valence-electron chi connectivity index (χ1n) is 13.3. The van der Waals surface area contributed by atoms with E-state index in [2.05, 4.69) is 31.3 Å². The second-order valence-corrected chi connectivity index (χ2v) is 10.4. The van der Waals surface area contributed by atoms with Crippen LogP contribution in [0.4, 0.5) is 0 Å². The predicted molar refractivity (Wildman–Crippen MR) is 140 cm³/mol. The number of amides is 2. The van der Waals surface area contributed by atoms with Crippen molar-refractivity contribution in [1.82, 2.24) is 31.3 Å². The van der Waals surface area contributed by atoms with Crippen LogP contribution in [-0.2, 0) is 18.3 Å². The molecule has 5 N–H and O–H groups in total. The van der Waals surface area contributed by atoms with Gasteiger partial charge < -0.3 is 16.4 Å². The summed E-state index contributed by atoms with van der Waals surface area (Å²) in [5.74, 6) is 0.442. The Morgan fingerprint density at radius 2 is 1.46 bits per heavy atom. The van der Waals surface area contributed by atoms with Crippen LogP contribution in [0.15, 0.2) is 36.4 Å². The number of aromatic amines is 1. The molecule has 0 saturated heterocycles. The molecular formula is C28H35N7O2. The van der Waals surface area contributed by atoms with Crippen LogP contribution in [0.1, 0.15) is 94.7 Å². The standard InChI is InChI=1S/C28H35N7O2/c1-3-30-24(36)20-9-11-22-18(15-20)7-8-19-16-21(25(37)31-4-2)10-12-23(19)28(22,26-32-34-35-33-26)17-27(29)13-5-6-14-27/h9-12,15-16H,3-8,13-14,17,29H2,1-2H3,(H,30,36)(H,31,37)(H,32,33,34,35). The van der Waals surface area contributed by atoms with E-state index < -0.39 is 5.41 Å². The van der Waals surface area contributed by atoms with Crippen LogP contribution in [0.3, 0.4) is 0 Å². The number of hydrogen-bond acceptors (Lipinski definition) is 6. The number of rotatable bonds is 7. The van der Waals surface area contributed by atoms with Gasteiger partial charge in [-0.15, -0.1) is 5.10 Å². The van der Waals surface area contributed by atoms with Crippen LogP contribution in [0.25, 0.3) is 0 Å². The second-order valence-electron chi connectivity index (χ2n) is 10.4. The monoisotopic (exact) mass is 501 g/mol. The lowest BCUT2D eigenvalue weighted by Crippen LogP contribution is -2.46. The Hall–Kier alpha value is -3.59. The van der Waals surface area contributed by atoms with Crippen LogP contribution in [0.5, 0.6) is 0 Å². The minimum atomic E-state index is -0.747. The van der Waals surface area contributed by atoms with E-state index in [1.165, 1.54) is 0 Å². The molecule has 0 atom stereocenters. The summed E-state index contributed by atoms with van der Waals surface area (Å²) in [5.41, 5.74) is 11.4. The van der Waals surface area contributed by atoms with Gasteiger partial charge in [-0.2, -0.15) is 0 Å². The number of nitrogens with zero attached hydrogens (tertiary/aromatic N) is 3. The van der Waals surface area contributed by atoms with Gasteiger partial charge in [0.1, 0.15) is 0 Å². The molecule has 3 aromatic rings. The Kier molecular flexibility index (Phi) is 6.81. The fourth-order valence-corrected chi connectivity index (χ4v) is 6.31. The van der Waals surface area contributed by atoms with Crippen LogP contribution < -0.4 is 16.4 Å². The molecule has 0 bridgehead atoms. The number of nitrogens with one attached hydrogen (secondary N) is 3. The summed E-state index contributed by atoms with van der Waals surface area (Å²) < 4.78 is 0. The topological polar surface area (TPSA) is 139 Å². The highest BCUT2D eigenvalue weighted by Gasteiger charge is 2.49.